The summed E-state index contributed by atoms with van der Waals surface area (Å²) in [5.74, 6) is 0.189. The Balaban J connectivity index is 1.52. The molecule has 0 bridgehead atoms. The molecule has 2 heterocycles. The van der Waals surface area contributed by atoms with Gasteiger partial charge in [0.15, 0.2) is 6.54 Å². The third-order valence-electron chi connectivity index (χ3n) is 6.16. The molecule has 3 rings (SSSR count). The molecule has 0 unspecified atom stereocenters. The minimum absolute atomic E-state index is 0.189. The molecule has 1 fully saturated rings. The molecule has 1 aliphatic heterocycles. The van der Waals surface area contributed by atoms with Gasteiger partial charge < -0.3 is 15.1 Å². The lowest BCUT2D eigenvalue weighted by Gasteiger charge is -2.29. The van der Waals surface area contributed by atoms with Crippen molar-refractivity contribution in [1.29, 1.82) is 0 Å². The standard InChI is InChI=1S/C23H34ClN5O/c1-4-5-10-25-23(30)17-28-13-11-27(12-14-28)16-21-18(2)26-29(19(21)3)15-20-8-6-7-9-22(20)24/h6-9H,4-5,10-17H2,1-3H3,(H,25,30)/p+2. The summed E-state index contributed by atoms with van der Waals surface area (Å²) < 4.78 is 2.08. The molecular formula is C23H36ClN5O+2. The monoisotopic (exact) mass is 433 g/mol. The van der Waals surface area contributed by atoms with E-state index >= 15 is 0 Å². The summed E-state index contributed by atoms with van der Waals surface area (Å²) in [7, 11) is 0. The highest BCUT2D eigenvalue weighted by Gasteiger charge is 2.26. The Morgan fingerprint density at radius 3 is 2.57 bits per heavy atom. The number of hydrogen-bond acceptors (Lipinski definition) is 2. The summed E-state index contributed by atoms with van der Waals surface area (Å²) in [4.78, 5) is 15.0. The van der Waals surface area contributed by atoms with Crippen LogP contribution in [-0.4, -0.2) is 55.0 Å². The number of piperazine rings is 1. The molecule has 0 saturated carbocycles. The lowest BCUT2D eigenvalue weighted by Crippen LogP contribution is -3.28. The first-order chi connectivity index (χ1) is 14.5. The topological polar surface area (TPSA) is 55.8 Å². The smallest absolute Gasteiger partial charge is 0.275 e. The number of hydrogen-bond donors (Lipinski definition) is 3. The highest BCUT2D eigenvalue weighted by atomic mass is 35.5. The zero-order valence-electron chi connectivity index (χ0n) is 18.6. The van der Waals surface area contributed by atoms with E-state index in [1.165, 1.54) is 16.2 Å². The van der Waals surface area contributed by atoms with Gasteiger partial charge in [-0.2, -0.15) is 5.10 Å². The number of nitrogens with one attached hydrogen (secondary N) is 3. The molecule has 30 heavy (non-hydrogen) atoms. The first kappa shape index (κ1) is 22.8. The molecule has 1 saturated heterocycles. The quantitative estimate of drug-likeness (QED) is 0.501. The van der Waals surface area contributed by atoms with Gasteiger partial charge in [0.25, 0.3) is 5.91 Å². The molecule has 164 valence electrons. The maximum atomic E-state index is 12.1. The number of carbonyl (C=O) groups is 1. The maximum Gasteiger partial charge on any atom is 0.275 e. The van der Waals surface area contributed by atoms with Gasteiger partial charge in [0.05, 0.1) is 17.8 Å². The Kier molecular flexibility index (Phi) is 8.31. The van der Waals surface area contributed by atoms with Gasteiger partial charge in [-0.25, -0.2) is 0 Å². The number of aryl methyl sites for hydroxylation is 1. The van der Waals surface area contributed by atoms with E-state index in [-0.39, 0.29) is 5.91 Å². The molecule has 0 aliphatic carbocycles. The van der Waals surface area contributed by atoms with Crippen molar-refractivity contribution < 1.29 is 14.6 Å². The summed E-state index contributed by atoms with van der Waals surface area (Å²) in [6.07, 6.45) is 2.17. The van der Waals surface area contributed by atoms with E-state index in [9.17, 15) is 4.79 Å². The molecule has 0 atom stereocenters. The zero-order chi connectivity index (χ0) is 21.5. The fraction of sp³-hybridized carbons (Fsp3) is 0.565. The summed E-state index contributed by atoms with van der Waals surface area (Å²) in [6, 6.07) is 7.96. The molecule has 1 amide bonds. The molecule has 0 radical (unpaired) electrons. The fourth-order valence-corrected chi connectivity index (χ4v) is 4.38. The number of quaternary nitrogens is 2. The van der Waals surface area contributed by atoms with Crippen molar-refractivity contribution in [3.05, 3.63) is 51.8 Å². The van der Waals surface area contributed by atoms with E-state index in [1.807, 2.05) is 18.2 Å². The van der Waals surface area contributed by atoms with Crippen LogP contribution in [0.1, 0.15) is 42.3 Å². The summed E-state index contributed by atoms with van der Waals surface area (Å²) in [5, 5.41) is 8.61. The lowest BCUT2D eigenvalue weighted by molar-refractivity contribution is -1.02. The number of benzene rings is 1. The largest absolute Gasteiger partial charge is 0.351 e. The van der Waals surface area contributed by atoms with Gasteiger partial charge in [-0.05, 0) is 31.9 Å². The highest BCUT2D eigenvalue weighted by molar-refractivity contribution is 6.31. The predicted molar refractivity (Wildman–Crippen MR) is 120 cm³/mol. The zero-order valence-corrected chi connectivity index (χ0v) is 19.3. The number of rotatable bonds is 9. The number of aromatic nitrogens is 2. The minimum atomic E-state index is 0.189. The molecule has 1 aromatic carbocycles. The number of carbonyl (C=O) groups excluding carboxylic acids is 1. The van der Waals surface area contributed by atoms with Crippen molar-refractivity contribution >= 4 is 17.5 Å². The van der Waals surface area contributed by atoms with Crippen molar-refractivity contribution in [1.82, 2.24) is 15.1 Å². The van der Waals surface area contributed by atoms with Crippen LogP contribution in [0.4, 0.5) is 0 Å². The summed E-state index contributed by atoms with van der Waals surface area (Å²) >= 11 is 6.34. The maximum absolute atomic E-state index is 12.1. The van der Waals surface area contributed by atoms with Gasteiger partial charge in [-0.3, -0.25) is 9.48 Å². The Morgan fingerprint density at radius 2 is 1.87 bits per heavy atom. The van der Waals surface area contributed by atoms with E-state index in [1.54, 1.807) is 4.90 Å². The molecule has 7 heteroatoms. The second-order valence-corrected chi connectivity index (χ2v) is 8.86. The van der Waals surface area contributed by atoms with Crippen LogP contribution < -0.4 is 15.1 Å². The SMILES string of the molecule is CCCCNC(=O)C[NH+]1CC[NH+](Cc2c(C)nn(Cc3ccccc3Cl)c2C)CC1. The van der Waals surface area contributed by atoms with Crippen LogP contribution in [0.5, 0.6) is 0 Å². The first-order valence-electron chi connectivity index (χ1n) is 11.2. The average Bonchev–Trinajstić information content (AvgIpc) is 2.99. The van der Waals surface area contributed by atoms with E-state index < -0.39 is 0 Å². The molecule has 1 aromatic heterocycles. The van der Waals surface area contributed by atoms with E-state index in [0.29, 0.717) is 13.1 Å². The summed E-state index contributed by atoms with van der Waals surface area (Å²) in [6.45, 7) is 13.8. The van der Waals surface area contributed by atoms with Crippen molar-refractivity contribution in [2.24, 2.45) is 0 Å². The van der Waals surface area contributed by atoms with Crippen LogP contribution in [0.25, 0.3) is 0 Å². The van der Waals surface area contributed by atoms with Crippen molar-refractivity contribution in [2.45, 2.75) is 46.7 Å². The first-order valence-corrected chi connectivity index (χ1v) is 11.6. The van der Waals surface area contributed by atoms with Crippen LogP contribution >= 0.6 is 11.6 Å². The normalized spacial score (nSPS) is 19.1. The molecule has 0 spiro atoms. The van der Waals surface area contributed by atoms with Crippen LogP contribution in [0.3, 0.4) is 0 Å². The molecule has 6 nitrogen and oxygen atoms in total. The van der Waals surface area contributed by atoms with Gasteiger partial charge in [-0.1, -0.05) is 43.1 Å². The Labute approximate surface area is 185 Å². The molecular weight excluding hydrogens is 398 g/mol. The van der Waals surface area contributed by atoms with Gasteiger partial charge in [0.2, 0.25) is 0 Å². The second kappa shape index (κ2) is 10.9. The van der Waals surface area contributed by atoms with Crippen molar-refractivity contribution in [3.8, 4) is 0 Å². The van der Waals surface area contributed by atoms with E-state index in [4.69, 9.17) is 16.7 Å². The van der Waals surface area contributed by atoms with Gasteiger partial charge in [-0.15, -0.1) is 0 Å². The minimum Gasteiger partial charge on any atom is -0.351 e. The Hall–Kier alpha value is -1.89. The highest BCUT2D eigenvalue weighted by Crippen LogP contribution is 2.19. The number of unbranched alkanes of at least 4 members (excludes halogenated alkanes) is 1. The van der Waals surface area contributed by atoms with Crippen LogP contribution in [0.2, 0.25) is 5.02 Å². The lowest BCUT2D eigenvalue weighted by atomic mass is 10.1. The van der Waals surface area contributed by atoms with Crippen LogP contribution in [0, 0.1) is 13.8 Å². The van der Waals surface area contributed by atoms with E-state index in [2.05, 4.69) is 36.8 Å². The molecule has 2 aromatic rings. The molecule has 3 N–H and O–H groups in total. The van der Waals surface area contributed by atoms with E-state index in [0.717, 1.165) is 68.4 Å². The third-order valence-corrected chi connectivity index (χ3v) is 6.53. The number of halogens is 1. The fourth-order valence-electron chi connectivity index (χ4n) is 4.19. The predicted octanol–water partition coefficient (Wildman–Crippen LogP) is 0.401. The van der Waals surface area contributed by atoms with Crippen molar-refractivity contribution in [2.75, 3.05) is 39.3 Å². The molecule has 1 aliphatic rings. The van der Waals surface area contributed by atoms with Crippen molar-refractivity contribution in [3.63, 3.8) is 0 Å². The van der Waals surface area contributed by atoms with Gasteiger partial charge in [0.1, 0.15) is 32.7 Å². The Morgan fingerprint density at radius 1 is 1.17 bits per heavy atom. The second-order valence-electron chi connectivity index (χ2n) is 8.46. The van der Waals surface area contributed by atoms with Crippen LogP contribution in [-0.2, 0) is 17.9 Å². The number of nitrogens with zero attached hydrogens (tertiary/aromatic N) is 2. The summed E-state index contributed by atoms with van der Waals surface area (Å²) in [5.41, 5.74) is 4.78. The van der Waals surface area contributed by atoms with Gasteiger partial charge >= 0.3 is 0 Å². The number of amides is 1. The average molecular weight is 434 g/mol. The van der Waals surface area contributed by atoms with Crippen LogP contribution in [0.15, 0.2) is 24.3 Å². The third kappa shape index (κ3) is 6.06. The Bertz CT molecular complexity index is 842. The van der Waals surface area contributed by atoms with Gasteiger partial charge in [0, 0.05) is 17.3 Å².